The van der Waals surface area contributed by atoms with E-state index in [-0.39, 0.29) is 25.1 Å². The van der Waals surface area contributed by atoms with Gasteiger partial charge in [0.15, 0.2) is 0 Å². The molecule has 0 spiro atoms. The van der Waals surface area contributed by atoms with Crippen molar-refractivity contribution in [2.45, 2.75) is 33.7 Å². The number of ether oxygens (including phenoxy) is 1. The number of benzene rings is 2. The number of anilines is 1. The van der Waals surface area contributed by atoms with Gasteiger partial charge in [0.2, 0.25) is 5.91 Å². The van der Waals surface area contributed by atoms with Crippen molar-refractivity contribution in [3.63, 3.8) is 0 Å². The average Bonchev–Trinajstić information content (AvgIpc) is 2.74. The summed E-state index contributed by atoms with van der Waals surface area (Å²) in [5.74, 6) is -0.112. The molecule has 30 heavy (non-hydrogen) atoms. The minimum atomic E-state index is -0.110. The number of nitrogens with zero attached hydrogens (tertiary/aromatic N) is 2. The summed E-state index contributed by atoms with van der Waals surface area (Å²) < 4.78 is 5.62. The zero-order valence-electron chi connectivity index (χ0n) is 18.7. The number of para-hydroxylation sites is 1. The Balaban J connectivity index is 2.12. The molecule has 1 N–H and O–H groups in total. The maximum absolute atomic E-state index is 13.2. The fraction of sp³-hybridized carbons (Fsp3) is 0.417. The van der Waals surface area contributed by atoms with Crippen LogP contribution in [0, 0.1) is 6.92 Å². The first-order valence-corrected chi connectivity index (χ1v) is 10.4. The van der Waals surface area contributed by atoms with E-state index in [1.54, 1.807) is 24.1 Å². The first-order valence-electron chi connectivity index (χ1n) is 10.4. The molecule has 0 saturated carbocycles. The summed E-state index contributed by atoms with van der Waals surface area (Å²) in [6.07, 6.45) is 0.848. The van der Waals surface area contributed by atoms with E-state index in [2.05, 4.69) is 18.3 Å². The van der Waals surface area contributed by atoms with Gasteiger partial charge in [0.05, 0.1) is 12.2 Å². The Bertz CT molecular complexity index is 849. The van der Waals surface area contributed by atoms with Gasteiger partial charge in [-0.05, 0) is 56.1 Å². The lowest BCUT2D eigenvalue weighted by molar-refractivity contribution is -0.120. The SMILES string of the molecule is CCOCN(C(=O)CN(C)Cc1ccc(C(=O)NC)cc1)c1c(C)cccc1CC. The van der Waals surface area contributed by atoms with Crippen LogP contribution in [-0.2, 0) is 22.5 Å². The van der Waals surface area contributed by atoms with Crippen molar-refractivity contribution >= 4 is 17.5 Å². The first-order chi connectivity index (χ1) is 14.4. The molecule has 0 saturated heterocycles. The molecule has 0 aliphatic rings. The monoisotopic (exact) mass is 411 g/mol. The zero-order valence-corrected chi connectivity index (χ0v) is 18.7. The maximum atomic E-state index is 13.2. The number of hydrogen-bond donors (Lipinski definition) is 1. The number of likely N-dealkylation sites (N-methyl/N-ethyl adjacent to an activating group) is 1. The Morgan fingerprint density at radius 1 is 1.07 bits per heavy atom. The zero-order chi connectivity index (χ0) is 22.1. The van der Waals surface area contributed by atoms with Gasteiger partial charge in [-0.2, -0.15) is 0 Å². The molecule has 2 amide bonds. The molecular weight excluding hydrogens is 378 g/mol. The number of rotatable bonds is 10. The van der Waals surface area contributed by atoms with Crippen LogP contribution in [0.25, 0.3) is 0 Å². The lowest BCUT2D eigenvalue weighted by Gasteiger charge is -2.28. The largest absolute Gasteiger partial charge is 0.361 e. The van der Waals surface area contributed by atoms with Gasteiger partial charge in [-0.25, -0.2) is 0 Å². The molecule has 2 aromatic rings. The molecule has 0 radical (unpaired) electrons. The predicted octanol–water partition coefficient (Wildman–Crippen LogP) is 3.38. The number of carbonyl (C=O) groups excluding carboxylic acids is 2. The van der Waals surface area contributed by atoms with Gasteiger partial charge >= 0.3 is 0 Å². The molecular formula is C24H33N3O3. The van der Waals surface area contributed by atoms with Crippen LogP contribution in [0.5, 0.6) is 0 Å². The van der Waals surface area contributed by atoms with Gasteiger partial charge < -0.3 is 10.1 Å². The van der Waals surface area contributed by atoms with Crippen molar-refractivity contribution in [2.75, 3.05) is 38.9 Å². The van der Waals surface area contributed by atoms with E-state index in [4.69, 9.17) is 4.74 Å². The highest BCUT2D eigenvalue weighted by Crippen LogP contribution is 2.26. The van der Waals surface area contributed by atoms with E-state index in [0.29, 0.717) is 18.7 Å². The second kappa shape index (κ2) is 11.5. The van der Waals surface area contributed by atoms with Crippen molar-refractivity contribution < 1.29 is 14.3 Å². The van der Waals surface area contributed by atoms with Crippen LogP contribution in [0.3, 0.4) is 0 Å². The van der Waals surface area contributed by atoms with Crippen LogP contribution in [0.4, 0.5) is 5.69 Å². The quantitative estimate of drug-likeness (QED) is 0.609. The number of carbonyl (C=O) groups is 2. The fourth-order valence-corrected chi connectivity index (χ4v) is 3.42. The first kappa shape index (κ1) is 23.6. The summed E-state index contributed by atoms with van der Waals surface area (Å²) in [5.41, 5.74) is 4.81. The molecule has 0 atom stereocenters. The molecule has 2 aromatic carbocycles. The number of hydrogen-bond acceptors (Lipinski definition) is 4. The third-order valence-corrected chi connectivity index (χ3v) is 5.00. The van der Waals surface area contributed by atoms with E-state index >= 15 is 0 Å². The molecule has 6 heteroatoms. The summed E-state index contributed by atoms with van der Waals surface area (Å²) in [6, 6.07) is 13.5. The van der Waals surface area contributed by atoms with Gasteiger partial charge in [0.1, 0.15) is 6.73 Å². The summed E-state index contributed by atoms with van der Waals surface area (Å²) >= 11 is 0. The molecule has 0 fully saturated rings. The lowest BCUT2D eigenvalue weighted by atomic mass is 10.0. The van der Waals surface area contributed by atoms with E-state index in [1.165, 1.54) is 0 Å². The van der Waals surface area contributed by atoms with Gasteiger partial charge in [0, 0.05) is 25.8 Å². The predicted molar refractivity (Wildman–Crippen MR) is 121 cm³/mol. The average molecular weight is 412 g/mol. The Kier molecular flexibility index (Phi) is 9.02. The molecule has 0 bridgehead atoms. The van der Waals surface area contributed by atoms with Crippen molar-refractivity contribution in [3.05, 3.63) is 64.7 Å². The van der Waals surface area contributed by atoms with Gasteiger partial charge in [0.25, 0.3) is 5.91 Å². The Hall–Kier alpha value is -2.70. The third-order valence-electron chi connectivity index (χ3n) is 5.00. The van der Waals surface area contributed by atoms with Gasteiger partial charge in [-0.1, -0.05) is 37.3 Å². The number of nitrogens with one attached hydrogen (secondary N) is 1. The van der Waals surface area contributed by atoms with E-state index in [0.717, 1.165) is 28.8 Å². The molecule has 6 nitrogen and oxygen atoms in total. The maximum Gasteiger partial charge on any atom is 0.251 e. The highest BCUT2D eigenvalue weighted by molar-refractivity contribution is 5.96. The molecule has 2 rings (SSSR count). The van der Waals surface area contributed by atoms with Crippen LogP contribution < -0.4 is 10.2 Å². The normalized spacial score (nSPS) is 10.9. The van der Waals surface area contributed by atoms with Crippen LogP contribution in [0.1, 0.15) is 40.9 Å². The summed E-state index contributed by atoms with van der Waals surface area (Å²) in [6.45, 7) is 7.70. The van der Waals surface area contributed by atoms with Crippen molar-refractivity contribution in [1.82, 2.24) is 10.2 Å². The van der Waals surface area contributed by atoms with Crippen LogP contribution >= 0.6 is 0 Å². The minimum Gasteiger partial charge on any atom is -0.361 e. The van der Waals surface area contributed by atoms with Crippen molar-refractivity contribution in [1.29, 1.82) is 0 Å². The van der Waals surface area contributed by atoms with E-state index < -0.39 is 0 Å². The van der Waals surface area contributed by atoms with Crippen molar-refractivity contribution in [2.24, 2.45) is 0 Å². The fourth-order valence-electron chi connectivity index (χ4n) is 3.42. The minimum absolute atomic E-state index is 0.00284. The smallest absolute Gasteiger partial charge is 0.251 e. The van der Waals surface area contributed by atoms with Crippen molar-refractivity contribution in [3.8, 4) is 0 Å². The molecule has 0 unspecified atom stereocenters. The van der Waals surface area contributed by atoms with Gasteiger partial charge in [-0.3, -0.25) is 19.4 Å². The number of aryl methyl sites for hydroxylation is 2. The molecule has 162 valence electrons. The summed E-state index contributed by atoms with van der Waals surface area (Å²) in [5, 5.41) is 2.61. The Morgan fingerprint density at radius 2 is 1.77 bits per heavy atom. The van der Waals surface area contributed by atoms with Gasteiger partial charge in [-0.15, -0.1) is 0 Å². The second-order valence-electron chi connectivity index (χ2n) is 7.33. The van der Waals surface area contributed by atoms with E-state index in [9.17, 15) is 9.59 Å². The molecule has 0 aliphatic heterocycles. The van der Waals surface area contributed by atoms with Crippen LogP contribution in [-0.4, -0.2) is 50.7 Å². The highest BCUT2D eigenvalue weighted by atomic mass is 16.5. The molecule has 0 aliphatic carbocycles. The second-order valence-corrected chi connectivity index (χ2v) is 7.33. The molecule has 0 aromatic heterocycles. The highest BCUT2D eigenvalue weighted by Gasteiger charge is 2.21. The Morgan fingerprint density at radius 3 is 2.37 bits per heavy atom. The van der Waals surface area contributed by atoms with Crippen LogP contribution in [0.2, 0.25) is 0 Å². The molecule has 0 heterocycles. The lowest BCUT2D eigenvalue weighted by Crippen LogP contribution is -2.41. The van der Waals surface area contributed by atoms with Crippen LogP contribution in [0.15, 0.2) is 42.5 Å². The Labute approximate surface area is 179 Å². The topological polar surface area (TPSA) is 61.9 Å². The standard InChI is InChI=1S/C24H33N3O3/c1-6-20-10-8-9-18(3)23(20)27(17-30-7-2)22(28)16-26(5)15-19-11-13-21(14-12-19)24(29)25-4/h8-14H,6-7,15-17H2,1-5H3,(H,25,29). The third kappa shape index (κ3) is 6.15. The number of amides is 2. The summed E-state index contributed by atoms with van der Waals surface area (Å²) in [7, 11) is 3.53. The summed E-state index contributed by atoms with van der Waals surface area (Å²) in [4.78, 5) is 28.6. The van der Waals surface area contributed by atoms with E-state index in [1.807, 2.05) is 50.1 Å².